The lowest BCUT2D eigenvalue weighted by Gasteiger charge is -2.08. The van der Waals surface area contributed by atoms with Gasteiger partial charge < -0.3 is 9.15 Å². The number of halogens is 4. The molecule has 4 nitrogen and oxygen atoms in total. The quantitative estimate of drug-likeness (QED) is 0.256. The summed E-state index contributed by atoms with van der Waals surface area (Å²) in [6, 6.07) is 9.49. The third-order valence-electron chi connectivity index (χ3n) is 3.09. The number of carbonyl (C=O) groups is 1. The van der Waals surface area contributed by atoms with Crippen LogP contribution in [-0.2, 0) is 0 Å². The Morgan fingerprint density at radius 1 is 1.08 bits per heavy atom. The van der Waals surface area contributed by atoms with Gasteiger partial charge in [0.25, 0.3) is 0 Å². The number of carbonyl (C=O) groups excluding carboxylic acids is 1. The van der Waals surface area contributed by atoms with Crippen molar-refractivity contribution in [2.45, 2.75) is 0 Å². The Labute approximate surface area is 162 Å². The SMILES string of the molecule is O=C(Oc1c(Cl)cccc1Cl)c1cc2cc(Br)cc(Br)c2oc1=O. The molecular formula is C16H6Br2Cl2O4. The van der Waals surface area contributed by atoms with E-state index in [0.29, 0.717) is 15.4 Å². The molecule has 0 spiro atoms. The van der Waals surface area contributed by atoms with E-state index in [0.717, 1.165) is 4.47 Å². The molecule has 0 aliphatic carbocycles. The molecule has 0 radical (unpaired) electrons. The molecule has 24 heavy (non-hydrogen) atoms. The summed E-state index contributed by atoms with van der Waals surface area (Å²) < 4.78 is 11.7. The van der Waals surface area contributed by atoms with Gasteiger partial charge in [-0.1, -0.05) is 45.2 Å². The summed E-state index contributed by atoms with van der Waals surface area (Å²) in [5, 5.41) is 0.867. The average Bonchev–Trinajstić information content (AvgIpc) is 2.51. The van der Waals surface area contributed by atoms with E-state index in [1.165, 1.54) is 18.2 Å². The number of hydrogen-bond donors (Lipinski definition) is 0. The Morgan fingerprint density at radius 3 is 2.42 bits per heavy atom. The van der Waals surface area contributed by atoms with E-state index in [9.17, 15) is 9.59 Å². The molecule has 0 aliphatic heterocycles. The normalized spacial score (nSPS) is 10.8. The van der Waals surface area contributed by atoms with Crippen molar-refractivity contribution in [2.24, 2.45) is 0 Å². The van der Waals surface area contributed by atoms with Crippen LogP contribution in [0.25, 0.3) is 11.0 Å². The van der Waals surface area contributed by atoms with Gasteiger partial charge in [-0.15, -0.1) is 0 Å². The highest BCUT2D eigenvalue weighted by molar-refractivity contribution is 9.11. The maximum Gasteiger partial charge on any atom is 0.351 e. The number of hydrogen-bond acceptors (Lipinski definition) is 4. The second-order valence-corrected chi connectivity index (χ2v) is 7.28. The van der Waals surface area contributed by atoms with Crippen LogP contribution in [0.1, 0.15) is 10.4 Å². The summed E-state index contributed by atoms with van der Waals surface area (Å²) in [6.07, 6.45) is 0. The molecule has 8 heteroatoms. The fourth-order valence-electron chi connectivity index (χ4n) is 2.03. The Kier molecular flexibility index (Phi) is 5.01. The number of para-hydroxylation sites is 1. The average molecular weight is 493 g/mol. The molecule has 0 fully saturated rings. The molecule has 3 aromatic rings. The van der Waals surface area contributed by atoms with Gasteiger partial charge in [-0.2, -0.15) is 0 Å². The Bertz CT molecular complexity index is 1010. The minimum Gasteiger partial charge on any atom is -0.421 e. The predicted octanol–water partition coefficient (Wildman–Crippen LogP) is 5.84. The lowest BCUT2D eigenvalue weighted by Crippen LogP contribution is -2.19. The Hall–Kier alpha value is -1.34. The van der Waals surface area contributed by atoms with Gasteiger partial charge in [-0.3, -0.25) is 0 Å². The fraction of sp³-hybridized carbons (Fsp3) is 0. The molecule has 122 valence electrons. The van der Waals surface area contributed by atoms with Crippen molar-refractivity contribution in [1.29, 1.82) is 0 Å². The molecule has 3 rings (SSSR count). The van der Waals surface area contributed by atoms with Crippen molar-refractivity contribution in [1.82, 2.24) is 0 Å². The number of ether oxygens (including phenoxy) is 1. The van der Waals surface area contributed by atoms with Crippen LogP contribution < -0.4 is 10.4 Å². The highest BCUT2D eigenvalue weighted by Crippen LogP contribution is 2.33. The van der Waals surface area contributed by atoms with Crippen molar-refractivity contribution in [3.05, 3.63) is 71.4 Å². The maximum atomic E-state index is 12.3. The van der Waals surface area contributed by atoms with Gasteiger partial charge in [0, 0.05) is 9.86 Å². The summed E-state index contributed by atoms with van der Waals surface area (Å²) in [5.74, 6) is -0.919. The second kappa shape index (κ2) is 6.88. The monoisotopic (exact) mass is 490 g/mol. The molecular weight excluding hydrogens is 487 g/mol. The van der Waals surface area contributed by atoms with Gasteiger partial charge in [-0.05, 0) is 46.3 Å². The van der Waals surface area contributed by atoms with Gasteiger partial charge in [0.15, 0.2) is 11.3 Å². The zero-order valence-corrected chi connectivity index (χ0v) is 16.3. The van der Waals surface area contributed by atoms with Gasteiger partial charge in [0.2, 0.25) is 0 Å². The molecule has 0 N–H and O–H groups in total. The number of fused-ring (bicyclic) bond motifs is 1. The largest absolute Gasteiger partial charge is 0.421 e. The van der Waals surface area contributed by atoms with E-state index in [4.69, 9.17) is 32.4 Å². The molecule has 1 aromatic heterocycles. The number of benzene rings is 2. The molecule has 0 saturated heterocycles. The van der Waals surface area contributed by atoms with Crippen LogP contribution in [0.5, 0.6) is 5.75 Å². The van der Waals surface area contributed by atoms with Crippen LogP contribution in [-0.4, -0.2) is 5.97 Å². The highest BCUT2D eigenvalue weighted by atomic mass is 79.9. The number of esters is 1. The first-order valence-electron chi connectivity index (χ1n) is 6.46. The minimum absolute atomic E-state index is 0.0132. The molecule has 0 aliphatic rings. The van der Waals surface area contributed by atoms with Crippen LogP contribution in [0.15, 0.2) is 54.6 Å². The second-order valence-electron chi connectivity index (χ2n) is 4.69. The first-order valence-corrected chi connectivity index (χ1v) is 8.80. The summed E-state index contributed by atoms with van der Waals surface area (Å²) in [6.45, 7) is 0. The molecule has 1 heterocycles. The standard InChI is InChI=1S/C16H6Br2Cl2O4/c17-8-4-7-5-9(15(21)23-13(7)10(18)6-8)16(22)24-14-11(19)2-1-3-12(14)20/h1-6H. The molecule has 2 aromatic carbocycles. The first-order chi connectivity index (χ1) is 11.4. The van der Waals surface area contributed by atoms with Crippen molar-refractivity contribution >= 4 is 72.0 Å². The highest BCUT2D eigenvalue weighted by Gasteiger charge is 2.20. The fourth-order valence-corrected chi connectivity index (χ4v) is 3.84. The van der Waals surface area contributed by atoms with Crippen molar-refractivity contribution in [2.75, 3.05) is 0 Å². The van der Waals surface area contributed by atoms with E-state index < -0.39 is 11.6 Å². The zero-order valence-electron chi connectivity index (χ0n) is 11.6. The summed E-state index contributed by atoms with van der Waals surface area (Å²) >= 11 is 18.6. The van der Waals surface area contributed by atoms with E-state index in [2.05, 4.69) is 31.9 Å². The van der Waals surface area contributed by atoms with E-state index in [-0.39, 0.29) is 21.4 Å². The van der Waals surface area contributed by atoms with Crippen LogP contribution in [0.2, 0.25) is 10.0 Å². The number of rotatable bonds is 2. The van der Waals surface area contributed by atoms with Crippen molar-refractivity contribution in [3.8, 4) is 5.75 Å². The first kappa shape index (κ1) is 17.5. The molecule has 0 saturated carbocycles. The van der Waals surface area contributed by atoms with Gasteiger partial charge >= 0.3 is 11.6 Å². The lowest BCUT2D eigenvalue weighted by atomic mass is 10.2. The minimum atomic E-state index is -0.906. The van der Waals surface area contributed by atoms with Gasteiger partial charge in [0.05, 0.1) is 14.5 Å². The van der Waals surface area contributed by atoms with E-state index in [1.54, 1.807) is 18.2 Å². The lowest BCUT2D eigenvalue weighted by molar-refractivity contribution is 0.0730. The van der Waals surface area contributed by atoms with Gasteiger partial charge in [0.1, 0.15) is 5.56 Å². The van der Waals surface area contributed by atoms with Crippen LogP contribution >= 0.6 is 55.1 Å². The predicted molar refractivity (Wildman–Crippen MR) is 99.3 cm³/mol. The molecule has 0 unspecified atom stereocenters. The van der Waals surface area contributed by atoms with E-state index in [1.807, 2.05) is 0 Å². The zero-order chi connectivity index (χ0) is 17.4. The van der Waals surface area contributed by atoms with Crippen LogP contribution in [0.4, 0.5) is 0 Å². The smallest absolute Gasteiger partial charge is 0.351 e. The Balaban J connectivity index is 2.07. The summed E-state index contributed by atoms with van der Waals surface area (Å²) in [4.78, 5) is 24.4. The summed E-state index contributed by atoms with van der Waals surface area (Å²) in [5.41, 5.74) is -0.752. The molecule has 0 atom stereocenters. The maximum absolute atomic E-state index is 12.3. The summed E-state index contributed by atoms with van der Waals surface area (Å²) in [7, 11) is 0. The van der Waals surface area contributed by atoms with Gasteiger partial charge in [-0.25, -0.2) is 9.59 Å². The van der Waals surface area contributed by atoms with Crippen LogP contribution in [0, 0.1) is 0 Å². The topological polar surface area (TPSA) is 56.5 Å². The third kappa shape index (κ3) is 3.37. The molecule has 0 bridgehead atoms. The van der Waals surface area contributed by atoms with E-state index >= 15 is 0 Å². The van der Waals surface area contributed by atoms with Crippen molar-refractivity contribution < 1.29 is 13.9 Å². The Morgan fingerprint density at radius 2 is 1.75 bits per heavy atom. The van der Waals surface area contributed by atoms with Crippen LogP contribution in [0.3, 0.4) is 0 Å². The molecule has 0 amide bonds. The third-order valence-corrected chi connectivity index (χ3v) is 4.73. The van der Waals surface area contributed by atoms with Crippen molar-refractivity contribution in [3.63, 3.8) is 0 Å².